The molecule has 96 valence electrons. The van der Waals surface area contributed by atoms with Crippen molar-refractivity contribution in [3.8, 4) is 11.5 Å². The predicted molar refractivity (Wildman–Crippen MR) is 57.6 cm³/mol. The van der Waals surface area contributed by atoms with Gasteiger partial charge in [-0.05, 0) is 19.1 Å². The first-order valence-corrected chi connectivity index (χ1v) is 5.20. The molecule has 0 aliphatic rings. The lowest BCUT2D eigenvalue weighted by Gasteiger charge is -2.09. The molecule has 0 radical (unpaired) electrons. The summed E-state index contributed by atoms with van der Waals surface area (Å²) in [7, 11) is 0. The smallest absolute Gasteiger partial charge is 0.417 e. The summed E-state index contributed by atoms with van der Waals surface area (Å²) in [5.41, 5.74) is -0.958. The third-order valence-corrected chi connectivity index (χ3v) is 2.40. The molecule has 1 unspecified atom stereocenters. The minimum atomic E-state index is -4.48. The van der Waals surface area contributed by atoms with E-state index in [1.165, 1.54) is 31.3 Å². The molecule has 0 spiro atoms. The Morgan fingerprint density at radius 3 is 2.50 bits per heavy atom. The van der Waals surface area contributed by atoms with Crippen LogP contribution in [0.5, 0.6) is 0 Å². The zero-order valence-electron chi connectivity index (χ0n) is 9.40. The van der Waals surface area contributed by atoms with E-state index in [1.807, 2.05) is 0 Å². The zero-order chi connectivity index (χ0) is 13.3. The van der Waals surface area contributed by atoms with Gasteiger partial charge in [0.25, 0.3) is 0 Å². The molecule has 6 heteroatoms. The standard InChI is InChI=1S/C12H10F3NO2/c1-7(17)10-6-16-11(18-10)8-4-2-3-5-9(8)12(13,14)15/h2-7,17H,1H3. The average molecular weight is 257 g/mol. The first-order valence-electron chi connectivity index (χ1n) is 5.20. The van der Waals surface area contributed by atoms with Gasteiger partial charge in [-0.2, -0.15) is 13.2 Å². The Bertz CT molecular complexity index is 546. The van der Waals surface area contributed by atoms with Crippen LogP contribution in [0.1, 0.15) is 24.4 Å². The van der Waals surface area contributed by atoms with Gasteiger partial charge in [0.1, 0.15) is 6.10 Å². The van der Waals surface area contributed by atoms with E-state index >= 15 is 0 Å². The Morgan fingerprint density at radius 1 is 1.28 bits per heavy atom. The molecule has 1 N–H and O–H groups in total. The Balaban J connectivity index is 2.50. The average Bonchev–Trinajstić information content (AvgIpc) is 2.77. The van der Waals surface area contributed by atoms with E-state index in [0.717, 1.165) is 6.07 Å². The summed E-state index contributed by atoms with van der Waals surface area (Å²) in [6.07, 6.45) is -4.17. The molecule has 0 aliphatic heterocycles. The number of benzene rings is 1. The molecule has 1 heterocycles. The second kappa shape index (κ2) is 4.45. The van der Waals surface area contributed by atoms with Crippen LogP contribution in [-0.4, -0.2) is 10.1 Å². The van der Waals surface area contributed by atoms with Gasteiger partial charge in [0.05, 0.1) is 11.8 Å². The molecule has 0 saturated carbocycles. The number of alkyl halides is 3. The number of nitrogens with zero attached hydrogens (tertiary/aromatic N) is 1. The van der Waals surface area contributed by atoms with Gasteiger partial charge in [0.15, 0.2) is 5.76 Å². The Kier molecular flexibility index (Phi) is 3.13. The SMILES string of the molecule is CC(O)c1cnc(-c2ccccc2C(F)(F)F)o1. The Labute approximate surface area is 101 Å². The maximum atomic E-state index is 12.8. The van der Waals surface area contributed by atoms with Crippen LogP contribution in [0.4, 0.5) is 13.2 Å². The van der Waals surface area contributed by atoms with Gasteiger partial charge in [-0.25, -0.2) is 4.98 Å². The molecule has 2 aromatic rings. The number of halogens is 3. The van der Waals surface area contributed by atoms with E-state index in [9.17, 15) is 18.3 Å². The molecular weight excluding hydrogens is 247 g/mol. The summed E-state index contributed by atoms with van der Waals surface area (Å²) in [4.78, 5) is 3.76. The van der Waals surface area contributed by atoms with E-state index in [1.54, 1.807) is 0 Å². The number of aromatic nitrogens is 1. The summed E-state index contributed by atoms with van der Waals surface area (Å²) < 4.78 is 43.4. The highest BCUT2D eigenvalue weighted by Crippen LogP contribution is 2.36. The summed E-state index contributed by atoms with van der Waals surface area (Å²) >= 11 is 0. The lowest BCUT2D eigenvalue weighted by Crippen LogP contribution is -2.06. The summed E-state index contributed by atoms with van der Waals surface area (Å²) in [5.74, 6) is -0.0270. The molecule has 0 fully saturated rings. The van der Waals surface area contributed by atoms with Crippen molar-refractivity contribution in [1.82, 2.24) is 4.98 Å². The number of oxazole rings is 1. The van der Waals surface area contributed by atoms with Gasteiger partial charge in [0, 0.05) is 5.56 Å². The van der Waals surface area contributed by atoms with Crippen LogP contribution in [-0.2, 0) is 6.18 Å². The van der Waals surface area contributed by atoms with Crippen molar-refractivity contribution in [2.45, 2.75) is 19.2 Å². The van der Waals surface area contributed by atoms with Crippen molar-refractivity contribution in [1.29, 1.82) is 0 Å². The van der Waals surface area contributed by atoms with Crippen LogP contribution >= 0.6 is 0 Å². The third-order valence-electron chi connectivity index (χ3n) is 2.40. The van der Waals surface area contributed by atoms with Gasteiger partial charge >= 0.3 is 6.18 Å². The van der Waals surface area contributed by atoms with Crippen LogP contribution in [0, 0.1) is 0 Å². The number of hydrogen-bond acceptors (Lipinski definition) is 3. The molecule has 1 aromatic heterocycles. The van der Waals surface area contributed by atoms with Gasteiger partial charge in [-0.1, -0.05) is 12.1 Å². The molecule has 18 heavy (non-hydrogen) atoms. The van der Waals surface area contributed by atoms with Gasteiger partial charge < -0.3 is 9.52 Å². The number of rotatable bonds is 2. The van der Waals surface area contributed by atoms with E-state index in [4.69, 9.17) is 4.42 Å². The predicted octanol–water partition coefficient (Wildman–Crippen LogP) is 3.41. The largest absolute Gasteiger partial charge is 0.438 e. The Morgan fingerprint density at radius 2 is 1.94 bits per heavy atom. The normalized spacial score (nSPS) is 13.6. The Hall–Kier alpha value is -1.82. The maximum absolute atomic E-state index is 12.8. The molecule has 0 amide bonds. The highest BCUT2D eigenvalue weighted by molar-refractivity contribution is 5.59. The van der Waals surface area contributed by atoms with Crippen LogP contribution < -0.4 is 0 Å². The minimum absolute atomic E-state index is 0.127. The topological polar surface area (TPSA) is 46.3 Å². The van der Waals surface area contributed by atoms with Crippen molar-refractivity contribution in [3.63, 3.8) is 0 Å². The van der Waals surface area contributed by atoms with E-state index in [-0.39, 0.29) is 17.2 Å². The first-order chi connectivity index (χ1) is 8.39. The minimum Gasteiger partial charge on any atom is -0.438 e. The van der Waals surface area contributed by atoms with Crippen LogP contribution in [0.2, 0.25) is 0 Å². The number of aliphatic hydroxyl groups is 1. The lowest BCUT2D eigenvalue weighted by molar-refractivity contribution is -0.137. The van der Waals surface area contributed by atoms with E-state index < -0.39 is 17.8 Å². The van der Waals surface area contributed by atoms with Gasteiger partial charge in [-0.15, -0.1) is 0 Å². The first kappa shape index (κ1) is 12.6. The molecule has 1 aromatic carbocycles. The highest BCUT2D eigenvalue weighted by Gasteiger charge is 2.34. The fourth-order valence-electron chi connectivity index (χ4n) is 1.52. The van der Waals surface area contributed by atoms with E-state index in [0.29, 0.717) is 0 Å². The van der Waals surface area contributed by atoms with Crippen LogP contribution in [0.25, 0.3) is 11.5 Å². The lowest BCUT2D eigenvalue weighted by atomic mass is 10.1. The highest BCUT2D eigenvalue weighted by atomic mass is 19.4. The molecule has 2 rings (SSSR count). The second-order valence-corrected chi connectivity index (χ2v) is 3.79. The van der Waals surface area contributed by atoms with Crippen molar-refractivity contribution in [3.05, 3.63) is 41.8 Å². The zero-order valence-corrected chi connectivity index (χ0v) is 9.40. The van der Waals surface area contributed by atoms with Crippen molar-refractivity contribution in [2.24, 2.45) is 0 Å². The van der Waals surface area contributed by atoms with Gasteiger partial charge in [0.2, 0.25) is 5.89 Å². The summed E-state index contributed by atoms with van der Waals surface area (Å²) in [6, 6.07) is 5.00. The summed E-state index contributed by atoms with van der Waals surface area (Å²) in [6.45, 7) is 1.44. The van der Waals surface area contributed by atoms with Crippen molar-refractivity contribution < 1.29 is 22.7 Å². The molecule has 3 nitrogen and oxygen atoms in total. The van der Waals surface area contributed by atoms with Crippen LogP contribution in [0.15, 0.2) is 34.9 Å². The molecular formula is C12H10F3NO2. The van der Waals surface area contributed by atoms with Crippen LogP contribution in [0.3, 0.4) is 0 Å². The quantitative estimate of drug-likeness (QED) is 0.896. The molecule has 0 saturated heterocycles. The third kappa shape index (κ3) is 2.38. The monoisotopic (exact) mass is 257 g/mol. The summed E-state index contributed by atoms with van der Waals surface area (Å²) in [5, 5.41) is 9.26. The molecule has 1 atom stereocenters. The fraction of sp³-hybridized carbons (Fsp3) is 0.250. The molecule has 0 aliphatic carbocycles. The van der Waals surface area contributed by atoms with Gasteiger partial charge in [-0.3, -0.25) is 0 Å². The number of aliphatic hydroxyl groups excluding tert-OH is 1. The van der Waals surface area contributed by atoms with Crippen molar-refractivity contribution >= 4 is 0 Å². The fourth-order valence-corrected chi connectivity index (χ4v) is 1.52. The van der Waals surface area contributed by atoms with E-state index in [2.05, 4.69) is 4.98 Å². The molecule has 0 bridgehead atoms. The number of hydrogen-bond donors (Lipinski definition) is 1. The second-order valence-electron chi connectivity index (χ2n) is 3.79. The van der Waals surface area contributed by atoms with Crippen molar-refractivity contribution in [2.75, 3.05) is 0 Å². The maximum Gasteiger partial charge on any atom is 0.417 e.